The minimum absolute atomic E-state index is 0.545. The highest BCUT2D eigenvalue weighted by Crippen LogP contribution is 2.44. The van der Waals surface area contributed by atoms with Gasteiger partial charge >= 0.3 is 0 Å². The molecule has 0 fully saturated rings. The highest BCUT2D eigenvalue weighted by Gasteiger charge is 2.40. The van der Waals surface area contributed by atoms with Gasteiger partial charge in [-0.1, -0.05) is 67.5 Å². The van der Waals surface area contributed by atoms with Crippen LogP contribution < -0.4 is 0 Å². The molecular weight excluding hydrogens is 466 g/mol. The molecule has 36 heavy (non-hydrogen) atoms. The quantitative estimate of drug-likeness (QED) is 0.358. The molecule has 4 nitrogen and oxygen atoms in total. The van der Waals surface area contributed by atoms with Crippen LogP contribution in [0.1, 0.15) is 72.7 Å². The van der Waals surface area contributed by atoms with Crippen LogP contribution in [0.25, 0.3) is 16.5 Å². The van der Waals surface area contributed by atoms with Gasteiger partial charge in [0.05, 0.1) is 11.2 Å². The molecule has 2 aliphatic rings. The summed E-state index contributed by atoms with van der Waals surface area (Å²) >= 11 is 6.80. The van der Waals surface area contributed by atoms with Gasteiger partial charge in [-0.25, -0.2) is 4.98 Å². The number of hydrogen-bond acceptors (Lipinski definition) is 3. The number of allylic oxidation sites excluding steroid dienone is 6. The number of rotatable bonds is 6. The molecule has 2 aliphatic carbocycles. The Labute approximate surface area is 218 Å². The van der Waals surface area contributed by atoms with Crippen LogP contribution in [0.15, 0.2) is 60.2 Å². The molecule has 0 saturated heterocycles. The van der Waals surface area contributed by atoms with Crippen LogP contribution in [0.5, 0.6) is 0 Å². The van der Waals surface area contributed by atoms with Crippen LogP contribution >= 0.6 is 11.6 Å². The van der Waals surface area contributed by atoms with E-state index in [2.05, 4.69) is 54.5 Å². The molecule has 5 heteroatoms. The average molecular weight is 500 g/mol. The predicted molar refractivity (Wildman–Crippen MR) is 149 cm³/mol. The molecule has 2 aromatic heterocycles. The summed E-state index contributed by atoms with van der Waals surface area (Å²) in [7, 11) is 1.93. The third-order valence-electron chi connectivity index (χ3n) is 7.53. The molecule has 1 aromatic carbocycles. The van der Waals surface area contributed by atoms with Crippen LogP contribution in [0.3, 0.4) is 0 Å². The fraction of sp³-hybridized carbons (Fsp3) is 0.355. The van der Waals surface area contributed by atoms with Crippen molar-refractivity contribution < 1.29 is 5.11 Å². The van der Waals surface area contributed by atoms with E-state index in [-0.39, 0.29) is 0 Å². The minimum Gasteiger partial charge on any atom is -0.376 e. The van der Waals surface area contributed by atoms with Crippen molar-refractivity contribution in [3.05, 3.63) is 99.0 Å². The van der Waals surface area contributed by atoms with E-state index < -0.39 is 5.60 Å². The number of pyridine rings is 1. The Hall–Kier alpha value is -2.95. The summed E-state index contributed by atoms with van der Waals surface area (Å²) in [4.78, 5) is 4.81. The molecule has 0 aliphatic heterocycles. The molecule has 0 radical (unpaired) electrons. The lowest BCUT2D eigenvalue weighted by molar-refractivity contribution is 0.123. The molecule has 0 saturated carbocycles. The molecule has 0 amide bonds. The molecule has 1 unspecified atom stereocenters. The second kappa shape index (κ2) is 9.84. The van der Waals surface area contributed by atoms with E-state index >= 15 is 0 Å². The molecule has 186 valence electrons. The van der Waals surface area contributed by atoms with E-state index in [0.717, 1.165) is 88.7 Å². The minimum atomic E-state index is -1.32. The first-order chi connectivity index (χ1) is 17.4. The largest absolute Gasteiger partial charge is 0.376 e. The van der Waals surface area contributed by atoms with Crippen molar-refractivity contribution in [2.24, 2.45) is 7.05 Å². The van der Waals surface area contributed by atoms with E-state index in [4.69, 9.17) is 16.6 Å². The molecule has 0 spiro atoms. The van der Waals surface area contributed by atoms with Gasteiger partial charge < -0.3 is 5.11 Å². The molecule has 5 rings (SSSR count). The SMILES string of the molecule is CCCc1c(C2=CCCC=C2)c(Cl)nc2ccc(C(O)(C3=CCCC=C3)c3c(C)nn(C)c3C)cc12. The van der Waals surface area contributed by atoms with Crippen molar-refractivity contribution >= 4 is 28.1 Å². The van der Waals surface area contributed by atoms with Crippen LogP contribution in [-0.2, 0) is 19.1 Å². The predicted octanol–water partition coefficient (Wildman–Crippen LogP) is 7.44. The van der Waals surface area contributed by atoms with Gasteiger partial charge in [-0.2, -0.15) is 5.10 Å². The third-order valence-corrected chi connectivity index (χ3v) is 7.81. The van der Waals surface area contributed by atoms with Crippen molar-refractivity contribution in [3.8, 4) is 0 Å². The zero-order valence-electron chi connectivity index (χ0n) is 21.6. The van der Waals surface area contributed by atoms with Crippen LogP contribution in [0, 0.1) is 13.8 Å². The molecule has 3 aromatic rings. The summed E-state index contributed by atoms with van der Waals surface area (Å²) in [6.45, 7) is 6.19. The Morgan fingerprint density at radius 2 is 1.81 bits per heavy atom. The van der Waals surface area contributed by atoms with Gasteiger partial charge in [-0.05, 0) is 80.4 Å². The Bertz CT molecular complexity index is 1460. The molecule has 1 atom stereocenters. The Kier molecular flexibility index (Phi) is 6.76. The van der Waals surface area contributed by atoms with Crippen molar-refractivity contribution in [2.75, 3.05) is 0 Å². The van der Waals surface area contributed by atoms with E-state index in [1.54, 1.807) is 0 Å². The van der Waals surface area contributed by atoms with Crippen LogP contribution in [0.2, 0.25) is 5.15 Å². The number of fused-ring (bicyclic) bond motifs is 1. The van der Waals surface area contributed by atoms with Gasteiger partial charge in [0, 0.05) is 29.3 Å². The zero-order chi connectivity index (χ0) is 25.4. The lowest BCUT2D eigenvalue weighted by atomic mass is 9.76. The van der Waals surface area contributed by atoms with Gasteiger partial charge in [0.25, 0.3) is 0 Å². The summed E-state index contributed by atoms with van der Waals surface area (Å²) in [6.07, 6.45) is 18.8. The number of halogens is 1. The second-order valence-electron chi connectivity index (χ2n) is 9.90. The monoisotopic (exact) mass is 499 g/mol. The first-order valence-electron chi connectivity index (χ1n) is 13.0. The lowest BCUT2D eigenvalue weighted by Crippen LogP contribution is -2.31. The Balaban J connectivity index is 1.81. The standard InChI is InChI=1S/C31H34ClN3O/c1-5-12-25-26-19-24(17-18-27(26)33-30(32)28(25)22-13-8-6-9-14-22)31(36,23-15-10-7-11-16-23)29-20(2)34-35(4)21(29)3/h8,10,13-19,36H,5-7,9,11-12H2,1-4H3. The maximum atomic E-state index is 12.7. The van der Waals surface area contributed by atoms with Gasteiger partial charge in [0.1, 0.15) is 10.8 Å². The summed E-state index contributed by atoms with van der Waals surface area (Å²) < 4.78 is 1.85. The summed E-state index contributed by atoms with van der Waals surface area (Å²) in [5.41, 5.74) is 7.25. The van der Waals surface area contributed by atoms with Crippen LogP contribution in [0.4, 0.5) is 0 Å². The number of benzene rings is 1. The van der Waals surface area contributed by atoms with Crippen molar-refractivity contribution in [1.29, 1.82) is 0 Å². The highest BCUT2D eigenvalue weighted by molar-refractivity contribution is 6.32. The maximum absolute atomic E-state index is 12.7. The molecule has 0 bridgehead atoms. The topological polar surface area (TPSA) is 50.9 Å². The van der Waals surface area contributed by atoms with Gasteiger partial charge in [-0.15, -0.1) is 0 Å². The Morgan fingerprint density at radius 3 is 2.42 bits per heavy atom. The smallest absolute Gasteiger partial charge is 0.143 e. The fourth-order valence-electron chi connectivity index (χ4n) is 5.76. The molecule has 1 N–H and O–H groups in total. The van der Waals surface area contributed by atoms with Gasteiger partial charge in [0.15, 0.2) is 0 Å². The normalized spacial score (nSPS) is 17.3. The molecule has 2 heterocycles. The van der Waals surface area contributed by atoms with E-state index in [1.807, 2.05) is 37.7 Å². The van der Waals surface area contributed by atoms with E-state index in [9.17, 15) is 5.11 Å². The van der Waals surface area contributed by atoms with Crippen molar-refractivity contribution in [3.63, 3.8) is 0 Å². The number of aliphatic hydroxyl groups is 1. The third kappa shape index (κ3) is 4.07. The first kappa shape index (κ1) is 24.7. The fourth-order valence-corrected chi connectivity index (χ4v) is 6.07. The maximum Gasteiger partial charge on any atom is 0.143 e. The summed E-state index contributed by atoms with van der Waals surface area (Å²) in [6, 6.07) is 6.13. The highest BCUT2D eigenvalue weighted by atomic mass is 35.5. The number of nitrogens with zero attached hydrogens (tertiary/aromatic N) is 3. The van der Waals surface area contributed by atoms with Crippen molar-refractivity contribution in [2.45, 2.75) is 64.9 Å². The van der Waals surface area contributed by atoms with E-state index in [1.165, 1.54) is 5.56 Å². The number of aromatic nitrogens is 3. The molecular formula is C31H34ClN3O. The van der Waals surface area contributed by atoms with Gasteiger partial charge in [0.2, 0.25) is 0 Å². The van der Waals surface area contributed by atoms with Crippen LogP contribution in [-0.4, -0.2) is 19.9 Å². The lowest BCUT2D eigenvalue weighted by Gasteiger charge is -2.33. The Morgan fingerprint density at radius 1 is 1.06 bits per heavy atom. The number of hydrogen-bond donors (Lipinski definition) is 1. The first-order valence-corrected chi connectivity index (χ1v) is 13.3. The number of aryl methyl sites for hydroxylation is 3. The summed E-state index contributed by atoms with van der Waals surface area (Å²) in [5, 5.41) is 18.9. The second-order valence-corrected chi connectivity index (χ2v) is 10.3. The van der Waals surface area contributed by atoms with Gasteiger partial charge in [-0.3, -0.25) is 4.68 Å². The average Bonchev–Trinajstić information content (AvgIpc) is 3.15. The van der Waals surface area contributed by atoms with Crippen molar-refractivity contribution in [1.82, 2.24) is 14.8 Å². The summed E-state index contributed by atoms with van der Waals surface area (Å²) in [5.74, 6) is 0. The zero-order valence-corrected chi connectivity index (χ0v) is 22.4. The van der Waals surface area contributed by atoms with E-state index in [0.29, 0.717) is 5.15 Å².